The van der Waals surface area contributed by atoms with Gasteiger partial charge in [-0.25, -0.2) is 0 Å². The highest BCUT2D eigenvalue weighted by Crippen LogP contribution is 2.24. The lowest BCUT2D eigenvalue weighted by molar-refractivity contribution is 0.0954. The lowest BCUT2D eigenvalue weighted by Crippen LogP contribution is -2.29. The van der Waals surface area contributed by atoms with Crippen LogP contribution in [0.1, 0.15) is 41.5 Å². The molecule has 88 valence electrons. The van der Waals surface area contributed by atoms with E-state index in [9.17, 15) is 4.79 Å². The Hall–Kier alpha value is -1.29. The first-order chi connectivity index (χ1) is 7.74. The van der Waals surface area contributed by atoms with Gasteiger partial charge in [0.2, 0.25) is 0 Å². The molecule has 2 heterocycles. The summed E-state index contributed by atoms with van der Waals surface area (Å²) in [4.78, 5) is 11.6. The summed E-state index contributed by atoms with van der Waals surface area (Å²) in [6, 6.07) is 4.34. The Morgan fingerprint density at radius 1 is 1.50 bits per heavy atom. The summed E-state index contributed by atoms with van der Waals surface area (Å²) in [5.41, 5.74) is 1.93. The van der Waals surface area contributed by atoms with Gasteiger partial charge in [-0.1, -0.05) is 6.42 Å². The first-order valence-electron chi connectivity index (χ1n) is 5.85. The van der Waals surface area contributed by atoms with E-state index in [2.05, 4.69) is 10.6 Å². The van der Waals surface area contributed by atoms with E-state index in [0.717, 1.165) is 18.7 Å². The topological polar surface area (TPSA) is 46.1 Å². The van der Waals surface area contributed by atoms with Crippen molar-refractivity contribution in [3.8, 4) is 0 Å². The molecule has 0 aliphatic carbocycles. The number of hydrogen-bond donors (Lipinski definition) is 2. The molecule has 2 rings (SSSR count). The van der Waals surface area contributed by atoms with Crippen molar-refractivity contribution >= 4 is 5.91 Å². The third kappa shape index (κ3) is 1.97. The van der Waals surface area contributed by atoms with E-state index in [1.165, 1.54) is 18.5 Å². The van der Waals surface area contributed by atoms with Crippen LogP contribution in [0.2, 0.25) is 0 Å². The molecule has 1 aliphatic heterocycles. The van der Waals surface area contributed by atoms with Gasteiger partial charge in [0.15, 0.2) is 0 Å². The Bertz CT molecular complexity index is 378. The number of rotatable bonds is 2. The Morgan fingerprint density at radius 2 is 2.31 bits per heavy atom. The van der Waals surface area contributed by atoms with E-state index in [0.29, 0.717) is 6.04 Å². The molecular weight excluding hydrogens is 202 g/mol. The highest BCUT2D eigenvalue weighted by molar-refractivity contribution is 5.92. The lowest BCUT2D eigenvalue weighted by Gasteiger charge is -2.24. The molecule has 1 aromatic rings. The van der Waals surface area contributed by atoms with Gasteiger partial charge in [0.25, 0.3) is 5.91 Å². The van der Waals surface area contributed by atoms with Crippen molar-refractivity contribution in [1.29, 1.82) is 0 Å². The summed E-state index contributed by atoms with van der Waals surface area (Å²) < 4.78 is 1.99. The van der Waals surface area contributed by atoms with E-state index in [-0.39, 0.29) is 5.91 Å². The molecule has 4 nitrogen and oxygen atoms in total. The summed E-state index contributed by atoms with van der Waals surface area (Å²) >= 11 is 0. The number of nitrogens with one attached hydrogen (secondary N) is 2. The largest absolute Gasteiger partial charge is 0.354 e. The molecule has 4 heteroatoms. The fourth-order valence-electron chi connectivity index (χ4n) is 2.34. The van der Waals surface area contributed by atoms with Gasteiger partial charge < -0.3 is 15.2 Å². The van der Waals surface area contributed by atoms with Gasteiger partial charge >= 0.3 is 0 Å². The predicted molar refractivity (Wildman–Crippen MR) is 63.4 cm³/mol. The summed E-state index contributed by atoms with van der Waals surface area (Å²) in [5.74, 6) is -0.0236. The second-order valence-electron chi connectivity index (χ2n) is 4.28. The van der Waals surface area contributed by atoms with Crippen LogP contribution in [0.3, 0.4) is 0 Å². The van der Waals surface area contributed by atoms with Gasteiger partial charge in [0.05, 0.1) is 0 Å². The normalized spacial score (nSPS) is 20.8. The van der Waals surface area contributed by atoms with Crippen LogP contribution in [0.15, 0.2) is 12.1 Å². The number of piperidine rings is 1. The van der Waals surface area contributed by atoms with E-state index < -0.39 is 0 Å². The minimum atomic E-state index is -0.0236. The summed E-state index contributed by atoms with van der Waals surface area (Å²) in [5, 5.41) is 6.15. The number of aromatic nitrogens is 1. The van der Waals surface area contributed by atoms with Crippen LogP contribution in [-0.2, 0) is 7.05 Å². The van der Waals surface area contributed by atoms with Crippen molar-refractivity contribution in [2.24, 2.45) is 7.05 Å². The average Bonchev–Trinajstić information content (AvgIpc) is 2.71. The fourth-order valence-corrected chi connectivity index (χ4v) is 2.34. The standard InChI is InChI=1S/C12H19N3O/c1-13-12(16)11-7-6-10(15(11)2)9-5-3-4-8-14-9/h6-7,9,14H,3-5,8H2,1-2H3,(H,13,16). The maximum absolute atomic E-state index is 11.6. The number of amides is 1. The quantitative estimate of drug-likeness (QED) is 0.788. The van der Waals surface area contributed by atoms with Crippen LogP contribution in [0.4, 0.5) is 0 Å². The molecule has 0 spiro atoms. The molecule has 0 radical (unpaired) electrons. The minimum absolute atomic E-state index is 0.0236. The number of hydrogen-bond acceptors (Lipinski definition) is 2. The molecular formula is C12H19N3O. The molecule has 1 fully saturated rings. The SMILES string of the molecule is CNC(=O)c1ccc(C2CCCCN2)n1C. The Morgan fingerprint density at radius 3 is 2.94 bits per heavy atom. The van der Waals surface area contributed by atoms with Crippen LogP contribution in [0.5, 0.6) is 0 Å². The zero-order valence-corrected chi connectivity index (χ0v) is 9.92. The molecule has 1 unspecified atom stereocenters. The summed E-state index contributed by atoms with van der Waals surface area (Å²) in [7, 11) is 3.62. The zero-order chi connectivity index (χ0) is 11.5. The van der Waals surface area contributed by atoms with Crippen LogP contribution >= 0.6 is 0 Å². The Labute approximate surface area is 96.0 Å². The minimum Gasteiger partial charge on any atom is -0.354 e. The number of nitrogens with zero attached hydrogens (tertiary/aromatic N) is 1. The van der Waals surface area contributed by atoms with Crippen molar-refractivity contribution in [2.45, 2.75) is 25.3 Å². The van der Waals surface area contributed by atoms with Gasteiger partial charge in [-0.3, -0.25) is 4.79 Å². The molecule has 1 aromatic heterocycles. The molecule has 1 saturated heterocycles. The van der Waals surface area contributed by atoms with Crippen molar-refractivity contribution < 1.29 is 4.79 Å². The van der Waals surface area contributed by atoms with Crippen LogP contribution in [-0.4, -0.2) is 24.1 Å². The number of carbonyl (C=O) groups is 1. The van der Waals surface area contributed by atoms with Crippen molar-refractivity contribution in [2.75, 3.05) is 13.6 Å². The van der Waals surface area contributed by atoms with E-state index in [4.69, 9.17) is 0 Å². The fraction of sp³-hybridized carbons (Fsp3) is 0.583. The average molecular weight is 221 g/mol. The smallest absolute Gasteiger partial charge is 0.267 e. The Balaban J connectivity index is 2.21. The summed E-state index contributed by atoms with van der Waals surface area (Å²) in [6.07, 6.45) is 3.67. The van der Waals surface area contributed by atoms with Crippen LogP contribution in [0.25, 0.3) is 0 Å². The van der Waals surface area contributed by atoms with Gasteiger partial charge in [-0.05, 0) is 31.5 Å². The third-order valence-corrected chi connectivity index (χ3v) is 3.29. The van der Waals surface area contributed by atoms with E-state index in [1.807, 2.05) is 23.7 Å². The summed E-state index contributed by atoms with van der Waals surface area (Å²) in [6.45, 7) is 1.07. The van der Waals surface area contributed by atoms with Crippen molar-refractivity contribution in [1.82, 2.24) is 15.2 Å². The van der Waals surface area contributed by atoms with Crippen LogP contribution < -0.4 is 10.6 Å². The van der Waals surface area contributed by atoms with Gasteiger partial charge in [-0.15, -0.1) is 0 Å². The Kier molecular flexibility index (Phi) is 3.29. The highest BCUT2D eigenvalue weighted by atomic mass is 16.1. The van der Waals surface area contributed by atoms with E-state index >= 15 is 0 Å². The maximum Gasteiger partial charge on any atom is 0.267 e. The van der Waals surface area contributed by atoms with Gasteiger partial charge in [0.1, 0.15) is 5.69 Å². The van der Waals surface area contributed by atoms with Gasteiger partial charge in [0, 0.05) is 25.8 Å². The second-order valence-corrected chi connectivity index (χ2v) is 4.28. The van der Waals surface area contributed by atoms with Gasteiger partial charge in [-0.2, -0.15) is 0 Å². The van der Waals surface area contributed by atoms with Crippen LogP contribution in [0, 0.1) is 0 Å². The van der Waals surface area contributed by atoms with E-state index in [1.54, 1.807) is 7.05 Å². The maximum atomic E-state index is 11.6. The lowest BCUT2D eigenvalue weighted by atomic mass is 10.0. The third-order valence-electron chi connectivity index (χ3n) is 3.29. The molecule has 0 aromatic carbocycles. The van der Waals surface area contributed by atoms with Crippen molar-refractivity contribution in [3.63, 3.8) is 0 Å². The second kappa shape index (κ2) is 4.70. The van der Waals surface area contributed by atoms with Crippen molar-refractivity contribution in [3.05, 3.63) is 23.5 Å². The molecule has 1 aliphatic rings. The molecule has 1 amide bonds. The molecule has 0 bridgehead atoms. The first kappa shape index (κ1) is 11.2. The first-order valence-corrected chi connectivity index (χ1v) is 5.85. The molecule has 0 saturated carbocycles. The zero-order valence-electron chi connectivity index (χ0n) is 9.92. The molecule has 2 N–H and O–H groups in total. The highest BCUT2D eigenvalue weighted by Gasteiger charge is 2.19. The monoisotopic (exact) mass is 221 g/mol. The number of carbonyl (C=O) groups excluding carboxylic acids is 1. The molecule has 1 atom stereocenters. The predicted octanol–water partition coefficient (Wildman–Crippen LogP) is 1.20. The molecule has 16 heavy (non-hydrogen) atoms.